The van der Waals surface area contributed by atoms with E-state index in [1.165, 1.54) is 0 Å². The predicted octanol–water partition coefficient (Wildman–Crippen LogP) is 2.73. The zero-order chi connectivity index (χ0) is 16.7. The van der Waals surface area contributed by atoms with Crippen LogP contribution in [-0.4, -0.2) is 29.6 Å². The largest absolute Gasteiger partial charge is 0.494 e. The van der Waals surface area contributed by atoms with E-state index in [4.69, 9.17) is 15.0 Å². The van der Waals surface area contributed by atoms with Gasteiger partial charge in [0.25, 0.3) is 11.6 Å². The third-order valence-corrected chi connectivity index (χ3v) is 3.18. The molecule has 1 N–H and O–H groups in total. The van der Waals surface area contributed by atoms with E-state index < -0.39 is 0 Å². The van der Waals surface area contributed by atoms with Crippen molar-refractivity contribution < 1.29 is 19.1 Å². The average molecular weight is 313 g/mol. The number of benzene rings is 1. The van der Waals surface area contributed by atoms with Gasteiger partial charge in [-0.25, -0.2) is 0 Å². The third kappa shape index (κ3) is 4.31. The van der Waals surface area contributed by atoms with Crippen molar-refractivity contribution in [1.29, 1.82) is 0 Å². The lowest BCUT2D eigenvalue weighted by Gasteiger charge is -2.13. The highest BCUT2D eigenvalue weighted by atomic mass is 16.5. The molecule has 6 nitrogen and oxygen atoms in total. The van der Waals surface area contributed by atoms with E-state index >= 15 is 0 Å². The van der Waals surface area contributed by atoms with Crippen molar-refractivity contribution in [3.63, 3.8) is 0 Å². The molecule has 0 saturated carbocycles. The van der Waals surface area contributed by atoms with Gasteiger partial charge in [0, 0.05) is 11.8 Å². The van der Waals surface area contributed by atoms with E-state index in [1.807, 2.05) is 13.8 Å². The molecule has 0 aliphatic heterocycles. The Kier molecular flexibility index (Phi) is 5.72. The minimum absolute atomic E-state index is 0.282. The summed E-state index contributed by atoms with van der Waals surface area (Å²) in [4.78, 5) is 15.6. The first-order chi connectivity index (χ1) is 11.2. The number of rotatable bonds is 6. The summed E-state index contributed by atoms with van der Waals surface area (Å²) in [6.07, 6.45) is 5.57. The number of carbonyl (C=O) groups is 1. The number of ether oxygens (including phenoxy) is 2. The van der Waals surface area contributed by atoms with E-state index in [2.05, 4.69) is 10.1 Å². The van der Waals surface area contributed by atoms with Crippen LogP contribution < -0.4 is 14.8 Å². The Morgan fingerprint density at radius 3 is 2.65 bits per heavy atom. The van der Waals surface area contributed by atoms with Gasteiger partial charge in [0.2, 0.25) is 0 Å². The van der Waals surface area contributed by atoms with Gasteiger partial charge in [-0.15, -0.1) is 0 Å². The second-order valence-corrected chi connectivity index (χ2v) is 4.77. The maximum Gasteiger partial charge on any atom is 0.295 e. The zero-order valence-electron chi connectivity index (χ0n) is 13.2. The van der Waals surface area contributed by atoms with Crippen LogP contribution in [0.2, 0.25) is 0 Å². The molecule has 1 aromatic rings. The van der Waals surface area contributed by atoms with E-state index in [0.29, 0.717) is 48.1 Å². The van der Waals surface area contributed by atoms with Gasteiger partial charge in [-0.3, -0.25) is 4.79 Å². The molecule has 0 fully saturated rings. The first kappa shape index (κ1) is 16.5. The van der Waals surface area contributed by atoms with Crippen molar-refractivity contribution in [2.24, 2.45) is 0 Å². The fourth-order valence-electron chi connectivity index (χ4n) is 2.13. The van der Waals surface area contributed by atoms with Crippen LogP contribution in [0.1, 0.15) is 30.6 Å². The second-order valence-electron chi connectivity index (χ2n) is 4.77. The van der Waals surface area contributed by atoms with Gasteiger partial charge in [0.15, 0.2) is 0 Å². The van der Waals surface area contributed by atoms with Gasteiger partial charge >= 0.3 is 0 Å². The topological polar surface area (TPSA) is 84.0 Å². The van der Waals surface area contributed by atoms with E-state index in [9.17, 15) is 4.79 Å². The molecule has 0 heterocycles. The highest BCUT2D eigenvalue weighted by molar-refractivity contribution is 5.99. The van der Waals surface area contributed by atoms with Crippen molar-refractivity contribution in [3.05, 3.63) is 53.2 Å². The first-order valence-electron chi connectivity index (χ1n) is 7.48. The van der Waals surface area contributed by atoms with Crippen LogP contribution in [0.3, 0.4) is 0 Å². The van der Waals surface area contributed by atoms with Crippen molar-refractivity contribution in [1.82, 2.24) is 5.32 Å². The number of hydrogen-bond acceptors (Lipinski definition) is 3. The maximum absolute atomic E-state index is 12.5. The van der Waals surface area contributed by atoms with Gasteiger partial charge in [-0.05, 0) is 44.2 Å². The number of hydrogen-bond donors (Lipinski definition) is 1. The zero-order valence-corrected chi connectivity index (χ0v) is 13.2. The molecule has 23 heavy (non-hydrogen) atoms. The quantitative estimate of drug-likeness (QED) is 0.647. The van der Waals surface area contributed by atoms with Crippen LogP contribution in [0.5, 0.6) is 11.5 Å². The van der Waals surface area contributed by atoms with Crippen molar-refractivity contribution in [2.75, 3.05) is 13.2 Å². The molecule has 0 atom stereocenters. The standard InChI is InChI=1S/C17H19N3O3/c1-3-22-14-9-10-16(23-4-2)15(11-14)17(21)19-12-5-7-13(20-18)8-6-12/h5-7,9-11H,3-4,8H2,1-2H3,(H,19,21). The Hall–Kier alpha value is -2.85. The monoisotopic (exact) mass is 313 g/mol. The fourth-order valence-corrected chi connectivity index (χ4v) is 2.13. The Morgan fingerprint density at radius 2 is 2.04 bits per heavy atom. The summed E-state index contributed by atoms with van der Waals surface area (Å²) in [5.41, 5.74) is 10.3. The minimum atomic E-state index is -0.282. The molecule has 2 rings (SSSR count). The second kappa shape index (κ2) is 7.96. The summed E-state index contributed by atoms with van der Waals surface area (Å²) in [5, 5.41) is 2.81. The lowest BCUT2D eigenvalue weighted by molar-refractivity contribution is -0.00543. The van der Waals surface area contributed by atoms with Crippen LogP contribution in [0, 0.1) is 0 Å². The normalized spacial score (nSPS) is 13.1. The predicted molar refractivity (Wildman–Crippen MR) is 86.7 cm³/mol. The van der Waals surface area contributed by atoms with Gasteiger partial charge in [0.1, 0.15) is 11.5 Å². The third-order valence-electron chi connectivity index (χ3n) is 3.18. The van der Waals surface area contributed by atoms with E-state index in [1.54, 1.807) is 36.4 Å². The summed E-state index contributed by atoms with van der Waals surface area (Å²) in [6.45, 7) is 4.73. The van der Waals surface area contributed by atoms with Gasteiger partial charge in [0.05, 0.1) is 25.2 Å². The Labute approximate surface area is 135 Å². The van der Waals surface area contributed by atoms with Gasteiger partial charge in [-0.2, -0.15) is 4.79 Å². The molecular formula is C17H19N3O3. The molecule has 1 aliphatic rings. The summed E-state index contributed by atoms with van der Waals surface area (Å²) in [5.74, 6) is 0.839. The number of amides is 1. The Bertz CT molecular complexity index is 701. The molecule has 120 valence electrons. The summed E-state index contributed by atoms with van der Waals surface area (Å²) in [6, 6.07) is 5.16. The minimum Gasteiger partial charge on any atom is -0.494 e. The average Bonchev–Trinajstić information content (AvgIpc) is 2.57. The number of carbonyl (C=O) groups excluding carboxylic acids is 1. The molecule has 1 amide bonds. The van der Waals surface area contributed by atoms with E-state index in [0.717, 1.165) is 0 Å². The highest BCUT2D eigenvalue weighted by Crippen LogP contribution is 2.25. The number of allylic oxidation sites excluding steroid dienone is 3. The number of nitrogens with one attached hydrogen (secondary N) is 1. The SMILES string of the molecule is CCOc1ccc(OCC)c(C(=O)NC2=CCC(=[N+]=[N-])C=C2)c1. The molecule has 0 spiro atoms. The lowest BCUT2D eigenvalue weighted by Crippen LogP contribution is -2.24. The molecule has 6 heteroatoms. The molecular weight excluding hydrogens is 294 g/mol. The summed E-state index contributed by atoms with van der Waals surface area (Å²) >= 11 is 0. The van der Waals surface area contributed by atoms with Crippen LogP contribution in [-0.2, 0) is 0 Å². The van der Waals surface area contributed by atoms with Crippen LogP contribution in [0.25, 0.3) is 5.53 Å². The molecule has 0 radical (unpaired) electrons. The van der Waals surface area contributed by atoms with Gasteiger partial charge < -0.3 is 20.3 Å². The van der Waals surface area contributed by atoms with Crippen LogP contribution in [0.15, 0.2) is 42.1 Å². The molecule has 0 saturated heterocycles. The Morgan fingerprint density at radius 1 is 1.26 bits per heavy atom. The van der Waals surface area contributed by atoms with Crippen molar-refractivity contribution in [3.8, 4) is 11.5 Å². The fraction of sp³-hybridized carbons (Fsp3) is 0.294. The maximum atomic E-state index is 12.5. The molecule has 0 bridgehead atoms. The van der Waals surface area contributed by atoms with Crippen molar-refractivity contribution >= 4 is 11.6 Å². The lowest BCUT2D eigenvalue weighted by atomic mass is 10.1. The number of nitrogens with zero attached hydrogens (tertiary/aromatic N) is 2. The van der Waals surface area contributed by atoms with Crippen LogP contribution in [0.4, 0.5) is 0 Å². The molecule has 0 aromatic heterocycles. The molecule has 0 unspecified atom stereocenters. The molecule has 1 aliphatic carbocycles. The summed E-state index contributed by atoms with van der Waals surface area (Å²) in [7, 11) is 0. The highest BCUT2D eigenvalue weighted by Gasteiger charge is 2.16. The Balaban J connectivity index is 2.20. The summed E-state index contributed by atoms with van der Waals surface area (Å²) < 4.78 is 10.9. The molecule has 1 aromatic carbocycles. The van der Waals surface area contributed by atoms with Gasteiger partial charge in [-0.1, -0.05) is 0 Å². The first-order valence-corrected chi connectivity index (χ1v) is 7.48. The van der Waals surface area contributed by atoms with Crippen molar-refractivity contribution in [2.45, 2.75) is 20.3 Å². The van der Waals surface area contributed by atoms with Crippen LogP contribution >= 0.6 is 0 Å². The van der Waals surface area contributed by atoms with E-state index in [-0.39, 0.29) is 5.91 Å². The smallest absolute Gasteiger partial charge is 0.295 e.